The predicted octanol–water partition coefficient (Wildman–Crippen LogP) is 3.45. The number of carbonyl (C=O) groups is 1. The quantitative estimate of drug-likeness (QED) is 0.794. The summed E-state index contributed by atoms with van der Waals surface area (Å²) in [4.78, 5) is 13.4. The van der Waals surface area contributed by atoms with Gasteiger partial charge < -0.3 is 0 Å². The molecular formula is C14H13NOS. The highest BCUT2D eigenvalue weighted by molar-refractivity contribution is 7.87. The minimum Gasteiger partial charge on any atom is -0.272 e. The van der Waals surface area contributed by atoms with Crippen molar-refractivity contribution in [1.82, 2.24) is 0 Å². The van der Waals surface area contributed by atoms with Crippen LogP contribution in [0.4, 0.5) is 0 Å². The monoisotopic (exact) mass is 243 g/mol. The van der Waals surface area contributed by atoms with Crippen LogP contribution in [-0.4, -0.2) is 5.91 Å². The van der Waals surface area contributed by atoms with Gasteiger partial charge in [0.15, 0.2) is 0 Å². The number of hydrogen-bond donors (Lipinski definition) is 0. The van der Waals surface area contributed by atoms with E-state index in [1.807, 2.05) is 60.7 Å². The number of amides is 1. The maximum Gasteiger partial charge on any atom is 0.249 e. The lowest BCUT2D eigenvalue weighted by atomic mass is 10.4. The van der Waals surface area contributed by atoms with Crippen molar-refractivity contribution in [2.75, 3.05) is 0 Å². The van der Waals surface area contributed by atoms with Gasteiger partial charge >= 0.3 is 0 Å². The normalized spacial score (nSPS) is 10.2. The molecule has 1 amide bonds. The second-order valence-electron chi connectivity index (χ2n) is 3.52. The topological polar surface area (TPSA) is 29.4 Å². The molecular weight excluding hydrogens is 230 g/mol. The summed E-state index contributed by atoms with van der Waals surface area (Å²) in [5.41, 5.74) is 0. The van der Waals surface area contributed by atoms with Gasteiger partial charge in [0, 0.05) is 16.7 Å². The molecule has 2 aromatic carbocycles. The van der Waals surface area contributed by atoms with Crippen LogP contribution in [0.15, 0.2) is 74.8 Å². The number of benzene rings is 2. The van der Waals surface area contributed by atoms with Gasteiger partial charge in [-0.25, -0.2) is 0 Å². The average molecular weight is 243 g/mol. The molecule has 0 saturated carbocycles. The first kappa shape index (κ1) is 11.7. The highest BCUT2D eigenvalue weighted by Gasteiger charge is 2.05. The first-order valence-corrected chi connectivity index (χ1v) is 6.52. The van der Waals surface area contributed by atoms with Crippen LogP contribution in [-0.2, 0) is 15.5 Å². The van der Waals surface area contributed by atoms with Gasteiger partial charge in [-0.1, -0.05) is 36.4 Å². The molecule has 0 aliphatic carbocycles. The summed E-state index contributed by atoms with van der Waals surface area (Å²) in [6.07, 6.45) is 0. The van der Waals surface area contributed by atoms with Crippen LogP contribution < -0.4 is 0 Å². The van der Waals surface area contributed by atoms with Gasteiger partial charge in [0.25, 0.3) is 0 Å². The van der Waals surface area contributed by atoms with E-state index in [-0.39, 0.29) is 5.91 Å². The standard InChI is InChI=1S/C14H13NOS/c1-12(16)15-17(13-8-4-2-5-9-13)14-10-6-3-7-11-14/h2-11H,1H3. The second kappa shape index (κ2) is 5.55. The zero-order valence-corrected chi connectivity index (χ0v) is 10.4. The molecule has 0 bridgehead atoms. The van der Waals surface area contributed by atoms with E-state index in [0.29, 0.717) is 0 Å². The minimum atomic E-state index is -0.506. The number of carbonyl (C=O) groups excluding carboxylic acids is 1. The predicted molar refractivity (Wildman–Crippen MR) is 69.9 cm³/mol. The maximum absolute atomic E-state index is 11.2. The molecule has 0 saturated heterocycles. The molecule has 0 aliphatic heterocycles. The Labute approximate surface area is 103 Å². The zero-order valence-electron chi connectivity index (χ0n) is 9.54. The lowest BCUT2D eigenvalue weighted by molar-refractivity contribution is -0.115. The average Bonchev–Trinajstić information content (AvgIpc) is 2.38. The van der Waals surface area contributed by atoms with Crippen molar-refractivity contribution in [2.24, 2.45) is 4.36 Å². The van der Waals surface area contributed by atoms with E-state index in [4.69, 9.17) is 0 Å². The Morgan fingerprint density at radius 1 is 0.882 bits per heavy atom. The molecule has 86 valence electrons. The van der Waals surface area contributed by atoms with Crippen LogP contribution in [0.25, 0.3) is 0 Å². The van der Waals surface area contributed by atoms with E-state index in [1.165, 1.54) is 6.92 Å². The van der Waals surface area contributed by atoms with Gasteiger partial charge in [0.05, 0.1) is 0 Å². The van der Waals surface area contributed by atoms with Crippen molar-refractivity contribution in [3.63, 3.8) is 0 Å². The van der Waals surface area contributed by atoms with Gasteiger partial charge in [-0.05, 0) is 35.0 Å². The van der Waals surface area contributed by atoms with Crippen molar-refractivity contribution in [3.05, 3.63) is 60.7 Å². The molecule has 0 aliphatic rings. The molecule has 0 spiro atoms. The minimum absolute atomic E-state index is 0.138. The van der Waals surface area contributed by atoms with E-state index < -0.39 is 10.7 Å². The third-order valence-corrected chi connectivity index (χ3v) is 4.03. The highest BCUT2D eigenvalue weighted by Crippen LogP contribution is 2.18. The molecule has 2 aromatic rings. The summed E-state index contributed by atoms with van der Waals surface area (Å²) in [6.45, 7) is 1.49. The third kappa shape index (κ3) is 3.11. The van der Waals surface area contributed by atoms with Crippen LogP contribution in [0, 0.1) is 0 Å². The Hall–Kier alpha value is -1.74. The van der Waals surface area contributed by atoms with E-state index in [0.717, 1.165) is 9.79 Å². The van der Waals surface area contributed by atoms with Crippen molar-refractivity contribution >= 4 is 16.6 Å². The van der Waals surface area contributed by atoms with Crippen LogP contribution in [0.3, 0.4) is 0 Å². The number of hydrogen-bond acceptors (Lipinski definition) is 1. The molecule has 0 aromatic heterocycles. The second-order valence-corrected chi connectivity index (χ2v) is 5.22. The van der Waals surface area contributed by atoms with Crippen LogP contribution in [0.5, 0.6) is 0 Å². The van der Waals surface area contributed by atoms with Crippen LogP contribution >= 0.6 is 0 Å². The Morgan fingerprint density at radius 3 is 1.65 bits per heavy atom. The summed E-state index contributed by atoms with van der Waals surface area (Å²) in [6, 6.07) is 19.8. The van der Waals surface area contributed by atoms with Crippen molar-refractivity contribution in [1.29, 1.82) is 0 Å². The van der Waals surface area contributed by atoms with E-state index >= 15 is 0 Å². The largest absolute Gasteiger partial charge is 0.272 e. The van der Waals surface area contributed by atoms with Crippen LogP contribution in [0.1, 0.15) is 6.92 Å². The Balaban J connectivity index is 2.51. The smallest absolute Gasteiger partial charge is 0.249 e. The van der Waals surface area contributed by atoms with Crippen molar-refractivity contribution < 1.29 is 4.79 Å². The van der Waals surface area contributed by atoms with Gasteiger partial charge in [-0.3, -0.25) is 4.79 Å². The summed E-state index contributed by atoms with van der Waals surface area (Å²) >= 11 is 0. The molecule has 0 atom stereocenters. The molecule has 0 N–H and O–H groups in total. The number of nitrogens with zero attached hydrogens (tertiary/aromatic N) is 1. The number of rotatable bonds is 2. The van der Waals surface area contributed by atoms with Crippen molar-refractivity contribution in [3.8, 4) is 0 Å². The lowest BCUT2D eigenvalue weighted by Crippen LogP contribution is -1.96. The highest BCUT2D eigenvalue weighted by atomic mass is 32.2. The van der Waals surface area contributed by atoms with Gasteiger partial charge in [0.1, 0.15) is 0 Å². The molecule has 2 nitrogen and oxygen atoms in total. The molecule has 0 radical (unpaired) electrons. The molecule has 0 fully saturated rings. The summed E-state index contributed by atoms with van der Waals surface area (Å²) in [5, 5.41) is 0. The first-order valence-electron chi connectivity index (χ1n) is 5.34. The lowest BCUT2D eigenvalue weighted by Gasteiger charge is -2.07. The molecule has 0 unspecified atom stereocenters. The Kier molecular flexibility index (Phi) is 3.83. The van der Waals surface area contributed by atoms with Crippen molar-refractivity contribution in [2.45, 2.75) is 16.7 Å². The third-order valence-electron chi connectivity index (χ3n) is 2.15. The fraction of sp³-hybridized carbons (Fsp3) is 0.0714. The van der Waals surface area contributed by atoms with Gasteiger partial charge in [0.2, 0.25) is 5.91 Å². The molecule has 2 rings (SSSR count). The van der Waals surface area contributed by atoms with Gasteiger partial charge in [-0.2, -0.15) is 4.36 Å². The fourth-order valence-corrected chi connectivity index (χ4v) is 3.04. The summed E-state index contributed by atoms with van der Waals surface area (Å²) < 4.78 is 4.21. The first-order chi connectivity index (χ1) is 8.27. The van der Waals surface area contributed by atoms with E-state index in [1.54, 1.807) is 0 Å². The SMILES string of the molecule is CC(=O)N=S(c1ccccc1)c1ccccc1. The summed E-state index contributed by atoms with van der Waals surface area (Å²) in [5.74, 6) is -0.138. The van der Waals surface area contributed by atoms with E-state index in [9.17, 15) is 4.79 Å². The zero-order chi connectivity index (χ0) is 12.1. The molecule has 17 heavy (non-hydrogen) atoms. The Bertz CT molecular complexity index is 493. The van der Waals surface area contributed by atoms with Crippen LogP contribution in [0.2, 0.25) is 0 Å². The summed E-state index contributed by atoms with van der Waals surface area (Å²) in [7, 11) is -0.506. The molecule has 3 heteroatoms. The maximum atomic E-state index is 11.2. The molecule has 0 heterocycles. The van der Waals surface area contributed by atoms with Gasteiger partial charge in [-0.15, -0.1) is 0 Å². The fourth-order valence-electron chi connectivity index (χ4n) is 1.47. The van der Waals surface area contributed by atoms with E-state index in [2.05, 4.69) is 4.36 Å². The Morgan fingerprint density at radius 2 is 1.29 bits per heavy atom.